The molecule has 1 aliphatic rings. The predicted molar refractivity (Wildman–Crippen MR) is 107 cm³/mol. The van der Waals surface area contributed by atoms with E-state index < -0.39 is 0 Å². The van der Waals surface area contributed by atoms with E-state index >= 15 is 0 Å². The molecule has 0 atom stereocenters. The van der Waals surface area contributed by atoms with Crippen LogP contribution in [0.25, 0.3) is 5.69 Å². The third-order valence-corrected chi connectivity index (χ3v) is 5.38. The van der Waals surface area contributed by atoms with Gasteiger partial charge in [-0.25, -0.2) is 5.43 Å². The van der Waals surface area contributed by atoms with Crippen LogP contribution in [0.3, 0.4) is 0 Å². The van der Waals surface area contributed by atoms with E-state index in [9.17, 15) is 4.79 Å². The highest BCUT2D eigenvalue weighted by Gasteiger charge is 2.19. The largest absolute Gasteiger partial charge is 0.318 e. The lowest BCUT2D eigenvalue weighted by Gasteiger charge is -2.22. The molecule has 0 unspecified atom stereocenters. The Morgan fingerprint density at radius 2 is 1.88 bits per heavy atom. The van der Waals surface area contributed by atoms with Gasteiger partial charge in [-0.05, 0) is 63.6 Å². The van der Waals surface area contributed by atoms with Gasteiger partial charge in [-0.1, -0.05) is 38.0 Å². The fourth-order valence-corrected chi connectivity index (χ4v) is 3.98. The van der Waals surface area contributed by atoms with Crippen molar-refractivity contribution < 1.29 is 4.79 Å². The molecule has 1 amide bonds. The summed E-state index contributed by atoms with van der Waals surface area (Å²) in [5.74, 6) is 0.711. The average Bonchev–Trinajstić information content (AvgIpc) is 2.96. The van der Waals surface area contributed by atoms with Crippen molar-refractivity contribution in [1.82, 2.24) is 9.99 Å². The van der Waals surface area contributed by atoms with Crippen molar-refractivity contribution in [1.29, 1.82) is 0 Å². The molecule has 1 fully saturated rings. The third-order valence-electron chi connectivity index (χ3n) is 5.38. The summed E-state index contributed by atoms with van der Waals surface area (Å²) in [6, 6.07) is 12.1. The quantitative estimate of drug-likeness (QED) is 0.742. The predicted octanol–water partition coefficient (Wildman–Crippen LogP) is 5.17. The molecule has 1 heterocycles. The lowest BCUT2D eigenvalue weighted by molar-refractivity contribution is 0.0954. The number of nitrogens with one attached hydrogen (secondary N) is 1. The number of amides is 1. The highest BCUT2D eigenvalue weighted by Crippen LogP contribution is 2.26. The molecular formula is C22H29N3O. The zero-order valence-corrected chi connectivity index (χ0v) is 16.1. The Balaban J connectivity index is 1.69. The molecule has 0 aliphatic heterocycles. The lowest BCUT2D eigenvalue weighted by Crippen LogP contribution is -2.22. The number of aromatic nitrogens is 1. The van der Waals surface area contributed by atoms with Crippen molar-refractivity contribution >= 4 is 11.6 Å². The van der Waals surface area contributed by atoms with E-state index in [-0.39, 0.29) is 5.91 Å². The molecular weight excluding hydrogens is 322 g/mol. The van der Waals surface area contributed by atoms with E-state index in [0.717, 1.165) is 41.5 Å². The fraction of sp³-hybridized carbons (Fsp3) is 0.455. The van der Waals surface area contributed by atoms with Gasteiger partial charge in [-0.15, -0.1) is 0 Å². The number of aryl methyl sites for hydroxylation is 1. The second-order valence-corrected chi connectivity index (χ2v) is 7.31. The molecule has 2 aromatic rings. The molecule has 1 aliphatic carbocycles. The number of benzene rings is 1. The maximum Gasteiger partial charge on any atom is 0.273 e. The van der Waals surface area contributed by atoms with E-state index in [1.54, 1.807) is 0 Å². The summed E-state index contributed by atoms with van der Waals surface area (Å²) >= 11 is 0. The highest BCUT2D eigenvalue weighted by molar-refractivity contribution is 5.97. The van der Waals surface area contributed by atoms with Gasteiger partial charge in [0.15, 0.2) is 0 Å². The van der Waals surface area contributed by atoms with E-state index in [1.807, 2.05) is 38.1 Å². The molecule has 0 bridgehead atoms. The minimum atomic E-state index is -0.122. The summed E-state index contributed by atoms with van der Waals surface area (Å²) in [5.41, 5.74) is 7.66. The molecule has 1 aromatic heterocycles. The first-order chi connectivity index (χ1) is 12.6. The second-order valence-electron chi connectivity index (χ2n) is 7.31. The zero-order chi connectivity index (χ0) is 18.5. The van der Waals surface area contributed by atoms with E-state index in [4.69, 9.17) is 0 Å². The Morgan fingerprint density at radius 1 is 1.19 bits per heavy atom. The van der Waals surface area contributed by atoms with Gasteiger partial charge in [0.2, 0.25) is 0 Å². The van der Waals surface area contributed by atoms with Crippen LogP contribution in [0, 0.1) is 19.8 Å². The van der Waals surface area contributed by atoms with Gasteiger partial charge in [-0.3, -0.25) is 4.79 Å². The van der Waals surface area contributed by atoms with Crippen molar-refractivity contribution in [2.75, 3.05) is 0 Å². The Kier molecular flexibility index (Phi) is 5.92. The number of rotatable bonds is 5. The van der Waals surface area contributed by atoms with Crippen LogP contribution in [0.5, 0.6) is 0 Å². The van der Waals surface area contributed by atoms with Gasteiger partial charge in [0.1, 0.15) is 0 Å². The van der Waals surface area contributed by atoms with Crippen molar-refractivity contribution in [2.45, 2.75) is 59.3 Å². The van der Waals surface area contributed by atoms with E-state index in [2.05, 4.69) is 34.2 Å². The Hall–Kier alpha value is -2.36. The lowest BCUT2D eigenvalue weighted by atomic mass is 9.85. The van der Waals surface area contributed by atoms with E-state index in [0.29, 0.717) is 5.56 Å². The van der Waals surface area contributed by atoms with Gasteiger partial charge in [-0.2, -0.15) is 5.10 Å². The summed E-state index contributed by atoms with van der Waals surface area (Å²) in [6.45, 7) is 6.26. The number of hydrogen-bond acceptors (Lipinski definition) is 2. The van der Waals surface area contributed by atoms with Crippen molar-refractivity contribution in [3.05, 3.63) is 53.3 Å². The Bertz CT molecular complexity index is 779. The zero-order valence-electron chi connectivity index (χ0n) is 16.1. The molecule has 0 radical (unpaired) electrons. The number of hydrazone groups is 1. The van der Waals surface area contributed by atoms with Gasteiger partial charge in [0.25, 0.3) is 5.91 Å². The normalized spacial score (nSPS) is 17.2. The first-order valence-corrected chi connectivity index (χ1v) is 9.70. The van der Waals surface area contributed by atoms with Crippen molar-refractivity contribution in [3.8, 4) is 5.69 Å². The number of hydrogen-bond donors (Lipinski definition) is 1. The van der Waals surface area contributed by atoms with Crippen LogP contribution in [0.4, 0.5) is 0 Å². The molecule has 0 saturated heterocycles. The fourth-order valence-electron chi connectivity index (χ4n) is 3.98. The third kappa shape index (κ3) is 4.06. The van der Waals surface area contributed by atoms with Gasteiger partial charge in [0, 0.05) is 22.8 Å². The number of carbonyl (C=O) groups excluding carboxylic acids is 1. The summed E-state index contributed by atoms with van der Waals surface area (Å²) in [5, 5.41) is 4.41. The van der Waals surface area contributed by atoms with Crippen LogP contribution in [0.1, 0.15) is 67.2 Å². The highest BCUT2D eigenvalue weighted by atomic mass is 16.2. The van der Waals surface area contributed by atoms with Crippen LogP contribution in [-0.2, 0) is 0 Å². The number of para-hydroxylation sites is 1. The minimum absolute atomic E-state index is 0.122. The smallest absolute Gasteiger partial charge is 0.273 e. The maximum atomic E-state index is 12.6. The molecule has 138 valence electrons. The Labute approximate surface area is 156 Å². The van der Waals surface area contributed by atoms with Gasteiger partial charge >= 0.3 is 0 Å². The minimum Gasteiger partial charge on any atom is -0.318 e. The summed E-state index contributed by atoms with van der Waals surface area (Å²) in [4.78, 5) is 12.6. The first kappa shape index (κ1) is 18.4. The second kappa shape index (κ2) is 8.35. The van der Waals surface area contributed by atoms with Crippen LogP contribution < -0.4 is 5.43 Å². The number of carbonyl (C=O) groups is 1. The van der Waals surface area contributed by atoms with Crippen LogP contribution >= 0.6 is 0 Å². The van der Waals surface area contributed by atoms with Crippen molar-refractivity contribution in [2.24, 2.45) is 11.0 Å². The average molecular weight is 351 g/mol. The summed E-state index contributed by atoms with van der Waals surface area (Å²) in [6.07, 6.45) is 6.98. The topological polar surface area (TPSA) is 46.4 Å². The summed E-state index contributed by atoms with van der Waals surface area (Å²) < 4.78 is 2.11. The molecule has 0 spiro atoms. The molecule has 4 heteroatoms. The van der Waals surface area contributed by atoms with Crippen molar-refractivity contribution in [3.63, 3.8) is 0 Å². The van der Waals surface area contributed by atoms with Crippen LogP contribution in [0.15, 0.2) is 41.5 Å². The van der Waals surface area contributed by atoms with E-state index in [1.165, 1.54) is 25.7 Å². The summed E-state index contributed by atoms with van der Waals surface area (Å²) in [7, 11) is 0. The molecule has 1 aromatic carbocycles. The maximum absolute atomic E-state index is 12.6. The molecule has 1 saturated carbocycles. The standard InChI is InChI=1S/C22H29N3O/c1-4-8-18-11-13-19(14-12-18)23-24-22(26)21-15-16(2)25(17(21)3)20-9-6-5-7-10-20/h5-7,9-10,15,18H,4,8,11-14H2,1-3H3,(H,24,26). The molecule has 3 rings (SSSR count). The Morgan fingerprint density at radius 3 is 2.54 bits per heavy atom. The molecule has 1 N–H and O–H groups in total. The van der Waals surface area contributed by atoms with Crippen LogP contribution in [-0.4, -0.2) is 16.2 Å². The van der Waals surface area contributed by atoms with Gasteiger partial charge in [0.05, 0.1) is 5.56 Å². The first-order valence-electron chi connectivity index (χ1n) is 9.70. The van der Waals surface area contributed by atoms with Crippen LogP contribution in [0.2, 0.25) is 0 Å². The van der Waals surface area contributed by atoms with Gasteiger partial charge < -0.3 is 4.57 Å². The molecule has 26 heavy (non-hydrogen) atoms. The number of nitrogens with zero attached hydrogens (tertiary/aromatic N) is 2. The SMILES string of the molecule is CCCC1CCC(=NNC(=O)c2cc(C)n(-c3ccccc3)c2C)CC1. The monoisotopic (exact) mass is 351 g/mol. The molecule has 4 nitrogen and oxygen atoms in total.